The number of aromatic nitrogens is 2. The van der Waals surface area contributed by atoms with Crippen molar-refractivity contribution in [2.75, 3.05) is 5.32 Å². The second-order valence-corrected chi connectivity index (χ2v) is 11.2. The van der Waals surface area contributed by atoms with E-state index >= 15 is 0 Å². The van der Waals surface area contributed by atoms with Gasteiger partial charge in [-0.25, -0.2) is 9.97 Å². The van der Waals surface area contributed by atoms with Gasteiger partial charge in [-0.15, -0.1) is 11.3 Å². The minimum Gasteiger partial charge on any atom is -0.356 e. The zero-order valence-corrected chi connectivity index (χ0v) is 19.2. The average molecular weight is 466 g/mol. The maximum absolute atomic E-state index is 12.2. The molecule has 0 aliphatic heterocycles. The first-order valence-corrected chi connectivity index (χ1v) is 13.0. The number of aryl methyl sites for hydroxylation is 1. The molecular weight excluding hydrogens is 441 g/mol. The number of halogens is 1. The quantitative estimate of drug-likeness (QED) is 0.375. The van der Waals surface area contributed by atoms with Gasteiger partial charge in [-0.1, -0.05) is 55.8 Å². The lowest BCUT2D eigenvalue weighted by molar-refractivity contribution is 0.311. The predicted octanol–water partition coefficient (Wildman–Crippen LogP) is 6.21. The second-order valence-electron chi connectivity index (χ2n) is 8.00. The van der Waals surface area contributed by atoms with Crippen LogP contribution in [-0.4, -0.2) is 25.5 Å². The summed E-state index contributed by atoms with van der Waals surface area (Å²) < 4.78 is 12.2. The van der Waals surface area contributed by atoms with E-state index in [1.807, 2.05) is 31.2 Å². The summed E-state index contributed by atoms with van der Waals surface area (Å²) in [6.07, 6.45) is 7.39. The van der Waals surface area contributed by atoms with Gasteiger partial charge in [-0.3, -0.25) is 4.57 Å². The Morgan fingerprint density at radius 3 is 2.70 bits per heavy atom. The molecule has 0 unspecified atom stereocenters. The van der Waals surface area contributed by atoms with Crippen LogP contribution < -0.4 is 5.32 Å². The summed E-state index contributed by atoms with van der Waals surface area (Å²) in [5, 5.41) is 4.52. The molecule has 1 saturated carbocycles. The van der Waals surface area contributed by atoms with Crippen LogP contribution in [0.5, 0.6) is 0 Å². The van der Waals surface area contributed by atoms with Crippen LogP contribution in [0, 0.1) is 12.8 Å². The van der Waals surface area contributed by atoms with E-state index in [1.165, 1.54) is 24.1 Å². The molecule has 3 aromatic rings. The van der Waals surface area contributed by atoms with Gasteiger partial charge in [0.1, 0.15) is 22.8 Å². The van der Waals surface area contributed by atoms with Gasteiger partial charge in [-0.05, 0) is 42.5 Å². The van der Waals surface area contributed by atoms with E-state index in [1.54, 1.807) is 0 Å². The number of nitrogens with zero attached hydrogens (tertiary/aromatic N) is 2. The molecule has 0 bridgehead atoms. The van der Waals surface area contributed by atoms with Crippen molar-refractivity contribution < 1.29 is 14.4 Å². The normalized spacial score (nSPS) is 16.7. The molecule has 2 heterocycles. The van der Waals surface area contributed by atoms with Crippen LogP contribution in [0.4, 0.5) is 5.82 Å². The van der Waals surface area contributed by atoms with E-state index in [4.69, 9.17) is 11.6 Å². The maximum atomic E-state index is 12.2. The Labute approximate surface area is 184 Å². The summed E-state index contributed by atoms with van der Waals surface area (Å²) in [5.41, 5.74) is 1.99. The third-order valence-corrected chi connectivity index (χ3v) is 8.43. The van der Waals surface area contributed by atoms with Crippen molar-refractivity contribution in [2.45, 2.75) is 51.2 Å². The second kappa shape index (κ2) is 8.93. The average Bonchev–Trinajstić information content (AvgIpc) is 3.15. The maximum Gasteiger partial charge on any atom is 0.347 e. The molecule has 3 N–H and O–H groups in total. The topological polar surface area (TPSA) is 95.3 Å². The highest BCUT2D eigenvalue weighted by molar-refractivity contribution is 7.52. The van der Waals surface area contributed by atoms with Crippen LogP contribution in [0.15, 0.2) is 30.6 Å². The van der Waals surface area contributed by atoms with Crippen LogP contribution in [0.2, 0.25) is 5.02 Å². The largest absolute Gasteiger partial charge is 0.356 e. The molecule has 0 amide bonds. The molecule has 1 atom stereocenters. The Bertz CT molecular complexity index is 1090. The number of nitrogens with one attached hydrogen (secondary N) is 1. The smallest absolute Gasteiger partial charge is 0.347 e. The molecule has 0 radical (unpaired) electrons. The molecule has 30 heavy (non-hydrogen) atoms. The fourth-order valence-electron chi connectivity index (χ4n) is 4.04. The highest BCUT2D eigenvalue weighted by atomic mass is 35.5. The van der Waals surface area contributed by atoms with Gasteiger partial charge >= 0.3 is 7.60 Å². The molecule has 2 aromatic heterocycles. The van der Waals surface area contributed by atoms with Gasteiger partial charge in [0.2, 0.25) is 0 Å². The lowest BCUT2D eigenvalue weighted by Gasteiger charge is -2.28. The van der Waals surface area contributed by atoms with Gasteiger partial charge in [0.25, 0.3) is 0 Å². The van der Waals surface area contributed by atoms with Crippen molar-refractivity contribution in [3.05, 3.63) is 41.2 Å². The molecule has 1 aliphatic carbocycles. The van der Waals surface area contributed by atoms with Crippen molar-refractivity contribution in [3.63, 3.8) is 0 Å². The zero-order valence-electron chi connectivity index (χ0n) is 16.7. The SMILES string of the molecule is Cc1ccc(-c2cc3c(N[C@H](CC4CCCCC4)P(=O)(O)O)ncnc3s2)cc1Cl. The van der Waals surface area contributed by atoms with Crippen LogP contribution >= 0.6 is 30.5 Å². The summed E-state index contributed by atoms with van der Waals surface area (Å²) in [7, 11) is -4.33. The monoisotopic (exact) mass is 465 g/mol. The first-order valence-electron chi connectivity index (χ1n) is 10.1. The molecule has 9 heteroatoms. The van der Waals surface area contributed by atoms with E-state index in [2.05, 4.69) is 15.3 Å². The number of rotatable bonds is 6. The molecule has 4 rings (SSSR count). The van der Waals surface area contributed by atoms with Crippen LogP contribution in [0.25, 0.3) is 20.7 Å². The molecule has 160 valence electrons. The van der Waals surface area contributed by atoms with Gasteiger partial charge < -0.3 is 15.1 Å². The fourth-order valence-corrected chi connectivity index (χ4v) is 6.07. The Hall–Kier alpha value is -1.50. The number of benzene rings is 1. The van der Waals surface area contributed by atoms with E-state index in [9.17, 15) is 14.4 Å². The molecule has 0 saturated heterocycles. The third-order valence-electron chi connectivity index (χ3n) is 5.78. The molecule has 1 aliphatic rings. The van der Waals surface area contributed by atoms with Crippen molar-refractivity contribution >= 4 is 46.6 Å². The lowest BCUT2D eigenvalue weighted by atomic mass is 9.87. The van der Waals surface area contributed by atoms with E-state index < -0.39 is 13.4 Å². The first-order chi connectivity index (χ1) is 14.3. The summed E-state index contributed by atoms with van der Waals surface area (Å²) in [6.45, 7) is 1.96. The summed E-state index contributed by atoms with van der Waals surface area (Å²) in [5.74, 6) is -0.158. The van der Waals surface area contributed by atoms with Gasteiger partial charge in [0.15, 0.2) is 0 Å². The minimum atomic E-state index is -4.33. The number of anilines is 1. The van der Waals surface area contributed by atoms with Gasteiger partial charge in [0, 0.05) is 9.90 Å². The van der Waals surface area contributed by atoms with E-state index in [0.29, 0.717) is 23.2 Å². The van der Waals surface area contributed by atoms with Crippen LogP contribution in [0.1, 0.15) is 44.1 Å². The van der Waals surface area contributed by atoms with Crippen LogP contribution in [0.3, 0.4) is 0 Å². The highest BCUT2D eigenvalue weighted by Crippen LogP contribution is 2.47. The molecule has 1 fully saturated rings. The van der Waals surface area contributed by atoms with E-state index in [0.717, 1.165) is 51.9 Å². The van der Waals surface area contributed by atoms with Gasteiger partial charge in [-0.2, -0.15) is 0 Å². The van der Waals surface area contributed by atoms with Crippen molar-refractivity contribution in [1.82, 2.24) is 9.97 Å². The summed E-state index contributed by atoms with van der Waals surface area (Å²) in [6, 6.07) is 7.86. The number of fused-ring (bicyclic) bond motifs is 1. The standard InChI is InChI=1S/C21H25ClN3O3PS/c1-13-7-8-15(10-17(13)22)18-11-16-20(23-12-24-21(16)30-18)25-19(29(26,27)28)9-14-5-3-2-4-6-14/h7-8,10-12,14,19H,2-6,9H2,1H3,(H,23,24,25)(H2,26,27,28)/t19-/m0/s1. The number of hydrogen-bond acceptors (Lipinski definition) is 5. The van der Waals surface area contributed by atoms with Crippen molar-refractivity contribution in [3.8, 4) is 10.4 Å². The molecule has 1 aromatic carbocycles. The number of thiophene rings is 1. The fraction of sp³-hybridized carbons (Fsp3) is 0.429. The zero-order chi connectivity index (χ0) is 21.3. The first kappa shape index (κ1) is 21.7. The highest BCUT2D eigenvalue weighted by Gasteiger charge is 2.32. The molecule has 0 spiro atoms. The minimum absolute atomic E-state index is 0.328. The predicted molar refractivity (Wildman–Crippen MR) is 123 cm³/mol. The van der Waals surface area contributed by atoms with Crippen molar-refractivity contribution in [2.24, 2.45) is 5.92 Å². The van der Waals surface area contributed by atoms with Crippen molar-refractivity contribution in [1.29, 1.82) is 0 Å². The Kier molecular flexibility index (Phi) is 6.47. The Morgan fingerprint density at radius 1 is 1.23 bits per heavy atom. The third kappa shape index (κ3) is 4.87. The lowest BCUT2D eigenvalue weighted by Crippen LogP contribution is -2.25. The Balaban J connectivity index is 1.64. The van der Waals surface area contributed by atoms with Gasteiger partial charge in [0.05, 0.1) is 5.39 Å². The summed E-state index contributed by atoms with van der Waals surface area (Å²) in [4.78, 5) is 30.4. The van der Waals surface area contributed by atoms with E-state index in [-0.39, 0.29) is 0 Å². The van der Waals surface area contributed by atoms with Crippen LogP contribution in [-0.2, 0) is 4.57 Å². The molecular formula is C21H25ClN3O3PS. The number of hydrogen-bond donors (Lipinski definition) is 3. The molecule has 6 nitrogen and oxygen atoms in total. The summed E-state index contributed by atoms with van der Waals surface area (Å²) >= 11 is 7.79. The Morgan fingerprint density at radius 2 is 2.00 bits per heavy atom.